The van der Waals surface area contributed by atoms with Gasteiger partial charge in [0.15, 0.2) is 6.10 Å². The van der Waals surface area contributed by atoms with Gasteiger partial charge in [-0.05, 0) is 29.8 Å². The van der Waals surface area contributed by atoms with Crippen LogP contribution in [0.5, 0.6) is 5.75 Å². The Morgan fingerprint density at radius 3 is 2.36 bits per heavy atom. The van der Waals surface area contributed by atoms with E-state index in [2.05, 4.69) is 0 Å². The van der Waals surface area contributed by atoms with Crippen LogP contribution in [0.2, 0.25) is 10.0 Å². The monoisotopic (exact) mass is 339 g/mol. The number of phenolic OH excluding ortho intramolecular Hbond substituents is 1. The van der Waals surface area contributed by atoms with Crippen molar-refractivity contribution in [2.75, 3.05) is 7.05 Å². The normalized spacial score (nSPS) is 12.0. The molecule has 22 heavy (non-hydrogen) atoms. The lowest BCUT2D eigenvalue weighted by atomic mass is 10.1. The molecule has 2 N–H and O–H groups in total. The molecule has 2 aromatic carbocycles. The van der Waals surface area contributed by atoms with Crippen LogP contribution in [0.3, 0.4) is 0 Å². The van der Waals surface area contributed by atoms with Crippen molar-refractivity contribution >= 4 is 29.1 Å². The van der Waals surface area contributed by atoms with E-state index in [0.29, 0.717) is 21.2 Å². The number of rotatable bonds is 4. The third-order valence-corrected chi connectivity index (χ3v) is 3.65. The first-order chi connectivity index (χ1) is 10.4. The number of benzene rings is 2. The van der Waals surface area contributed by atoms with Crippen LogP contribution in [0.25, 0.3) is 0 Å². The molecule has 6 heteroatoms. The Bertz CT molecular complexity index is 671. The summed E-state index contributed by atoms with van der Waals surface area (Å²) in [7, 11) is 1.55. The van der Waals surface area contributed by atoms with Gasteiger partial charge >= 0.3 is 0 Å². The van der Waals surface area contributed by atoms with Gasteiger partial charge in [-0.2, -0.15) is 0 Å². The number of para-hydroxylation sites is 1. The molecule has 0 aromatic heterocycles. The number of likely N-dealkylation sites (N-methyl/N-ethyl adjacent to an activating group) is 1. The van der Waals surface area contributed by atoms with Gasteiger partial charge in [-0.3, -0.25) is 4.79 Å². The maximum atomic E-state index is 12.3. The van der Waals surface area contributed by atoms with E-state index >= 15 is 0 Å². The maximum absolute atomic E-state index is 12.3. The summed E-state index contributed by atoms with van der Waals surface area (Å²) < 4.78 is 0. The Balaban J connectivity index is 2.14. The molecule has 0 saturated carbocycles. The number of phenols is 1. The van der Waals surface area contributed by atoms with Gasteiger partial charge in [0, 0.05) is 29.2 Å². The second kappa shape index (κ2) is 7.01. The van der Waals surface area contributed by atoms with Crippen LogP contribution in [0.15, 0.2) is 42.5 Å². The topological polar surface area (TPSA) is 60.8 Å². The predicted octanol–water partition coefficient (Wildman–Crippen LogP) is 3.39. The number of nitrogens with zero attached hydrogens (tertiary/aromatic N) is 1. The summed E-state index contributed by atoms with van der Waals surface area (Å²) >= 11 is 11.8. The lowest BCUT2D eigenvalue weighted by Crippen LogP contribution is -2.31. The van der Waals surface area contributed by atoms with Crippen molar-refractivity contribution in [1.82, 2.24) is 4.90 Å². The summed E-state index contributed by atoms with van der Waals surface area (Å²) in [6, 6.07) is 11.2. The Morgan fingerprint density at radius 1 is 1.18 bits per heavy atom. The van der Waals surface area contributed by atoms with Gasteiger partial charge in [-0.15, -0.1) is 0 Å². The molecule has 0 heterocycles. The summed E-state index contributed by atoms with van der Waals surface area (Å²) in [5.74, 6) is -0.413. The number of aliphatic hydroxyl groups is 1. The van der Waals surface area contributed by atoms with Crippen molar-refractivity contribution in [2.45, 2.75) is 12.6 Å². The number of halogens is 2. The minimum Gasteiger partial charge on any atom is -0.508 e. The number of carbonyl (C=O) groups is 1. The third kappa shape index (κ3) is 3.91. The van der Waals surface area contributed by atoms with E-state index in [-0.39, 0.29) is 12.3 Å². The van der Waals surface area contributed by atoms with Crippen LogP contribution in [0, 0.1) is 0 Å². The fraction of sp³-hybridized carbons (Fsp3) is 0.188. The Morgan fingerprint density at radius 2 is 1.77 bits per heavy atom. The molecule has 1 unspecified atom stereocenters. The van der Waals surface area contributed by atoms with Crippen LogP contribution >= 0.6 is 23.2 Å². The number of aromatic hydroxyl groups is 1. The van der Waals surface area contributed by atoms with Gasteiger partial charge in [-0.1, -0.05) is 41.4 Å². The van der Waals surface area contributed by atoms with E-state index in [1.165, 1.54) is 23.1 Å². The fourth-order valence-corrected chi connectivity index (χ4v) is 2.61. The SMILES string of the molecule is CN(Cc1ccccc1O)C(=O)C(O)c1cc(Cl)cc(Cl)c1. The molecule has 0 fully saturated rings. The second-order valence-electron chi connectivity index (χ2n) is 4.93. The number of carbonyl (C=O) groups excluding carboxylic acids is 1. The van der Waals surface area contributed by atoms with Crippen molar-refractivity contribution in [2.24, 2.45) is 0 Å². The number of hydrogen-bond acceptors (Lipinski definition) is 3. The van der Waals surface area contributed by atoms with E-state index in [1.807, 2.05) is 0 Å². The molecule has 0 aliphatic rings. The summed E-state index contributed by atoms with van der Waals surface area (Å²) in [6.45, 7) is 0.177. The minimum absolute atomic E-state index is 0.0995. The number of amides is 1. The van der Waals surface area contributed by atoms with Gasteiger partial charge in [0.05, 0.1) is 0 Å². The molecular formula is C16H15Cl2NO3. The number of hydrogen-bond donors (Lipinski definition) is 2. The summed E-state index contributed by atoms with van der Waals surface area (Å²) in [5.41, 5.74) is 0.918. The average Bonchev–Trinajstić information content (AvgIpc) is 2.47. The zero-order chi connectivity index (χ0) is 16.3. The van der Waals surface area contributed by atoms with Crippen molar-refractivity contribution in [3.8, 4) is 5.75 Å². The van der Waals surface area contributed by atoms with Crippen LogP contribution in [0.1, 0.15) is 17.2 Å². The van der Waals surface area contributed by atoms with E-state index < -0.39 is 12.0 Å². The van der Waals surface area contributed by atoms with Gasteiger partial charge in [-0.25, -0.2) is 0 Å². The second-order valence-corrected chi connectivity index (χ2v) is 5.80. The van der Waals surface area contributed by atoms with Crippen molar-refractivity contribution in [3.05, 3.63) is 63.6 Å². The van der Waals surface area contributed by atoms with Crippen molar-refractivity contribution < 1.29 is 15.0 Å². The third-order valence-electron chi connectivity index (χ3n) is 3.21. The lowest BCUT2D eigenvalue weighted by molar-refractivity contribution is -0.139. The highest BCUT2D eigenvalue weighted by molar-refractivity contribution is 6.34. The fourth-order valence-electron chi connectivity index (χ4n) is 2.06. The molecule has 0 spiro atoms. The Kier molecular flexibility index (Phi) is 5.29. The van der Waals surface area contributed by atoms with E-state index in [1.54, 1.807) is 31.3 Å². The van der Waals surface area contributed by atoms with Crippen molar-refractivity contribution in [1.29, 1.82) is 0 Å². The quantitative estimate of drug-likeness (QED) is 0.897. The molecule has 0 aliphatic carbocycles. The lowest BCUT2D eigenvalue weighted by Gasteiger charge is -2.21. The molecule has 0 saturated heterocycles. The minimum atomic E-state index is -1.37. The molecule has 1 atom stereocenters. The average molecular weight is 340 g/mol. The van der Waals surface area contributed by atoms with Crippen molar-refractivity contribution in [3.63, 3.8) is 0 Å². The van der Waals surface area contributed by atoms with Crippen LogP contribution in [0.4, 0.5) is 0 Å². The van der Waals surface area contributed by atoms with E-state index in [9.17, 15) is 15.0 Å². The highest BCUT2D eigenvalue weighted by atomic mass is 35.5. The van der Waals surface area contributed by atoms with E-state index in [0.717, 1.165) is 0 Å². The molecule has 116 valence electrons. The Hall–Kier alpha value is -1.75. The van der Waals surface area contributed by atoms with Crippen LogP contribution in [-0.2, 0) is 11.3 Å². The molecular weight excluding hydrogens is 325 g/mol. The summed E-state index contributed by atoms with van der Waals surface area (Å²) in [4.78, 5) is 13.6. The number of aliphatic hydroxyl groups excluding tert-OH is 1. The molecule has 0 radical (unpaired) electrons. The van der Waals surface area contributed by atoms with Gasteiger partial charge in [0.25, 0.3) is 5.91 Å². The Labute approximate surface area is 138 Å². The first-order valence-electron chi connectivity index (χ1n) is 6.54. The zero-order valence-corrected chi connectivity index (χ0v) is 13.3. The van der Waals surface area contributed by atoms with Gasteiger partial charge in [0.1, 0.15) is 5.75 Å². The maximum Gasteiger partial charge on any atom is 0.256 e. The first-order valence-corrected chi connectivity index (χ1v) is 7.30. The largest absolute Gasteiger partial charge is 0.508 e. The first kappa shape index (κ1) is 16.6. The van der Waals surface area contributed by atoms with Crippen LogP contribution < -0.4 is 0 Å². The molecule has 4 nitrogen and oxygen atoms in total. The smallest absolute Gasteiger partial charge is 0.256 e. The standard InChI is InChI=1S/C16H15Cl2NO3/c1-19(9-10-4-2-3-5-14(10)20)16(22)15(21)11-6-12(17)8-13(18)7-11/h2-8,15,20-21H,9H2,1H3. The highest BCUT2D eigenvalue weighted by Crippen LogP contribution is 2.25. The summed E-state index contributed by atoms with van der Waals surface area (Å²) in [6.07, 6.45) is -1.37. The van der Waals surface area contributed by atoms with Gasteiger partial charge < -0.3 is 15.1 Å². The summed E-state index contributed by atoms with van der Waals surface area (Å²) in [5, 5.41) is 20.6. The van der Waals surface area contributed by atoms with Gasteiger partial charge in [0.2, 0.25) is 0 Å². The predicted molar refractivity (Wildman–Crippen MR) is 86.0 cm³/mol. The molecule has 2 rings (SSSR count). The molecule has 2 aromatic rings. The molecule has 1 amide bonds. The van der Waals surface area contributed by atoms with E-state index in [4.69, 9.17) is 23.2 Å². The highest BCUT2D eigenvalue weighted by Gasteiger charge is 2.22. The molecule has 0 aliphatic heterocycles. The zero-order valence-electron chi connectivity index (χ0n) is 11.8. The molecule has 0 bridgehead atoms. The van der Waals surface area contributed by atoms with Crippen LogP contribution in [-0.4, -0.2) is 28.1 Å².